The maximum absolute atomic E-state index is 14.0. The largest absolute Gasteiger partial charge is 0.495 e. The quantitative estimate of drug-likeness (QED) is 0.337. The lowest BCUT2D eigenvalue weighted by atomic mass is 9.65. The van der Waals surface area contributed by atoms with Crippen LogP contribution in [0.25, 0.3) is 21.9 Å². The summed E-state index contributed by atoms with van der Waals surface area (Å²) < 4.78 is 11.7. The Kier molecular flexibility index (Phi) is 3.08. The first-order valence-corrected chi connectivity index (χ1v) is 11.7. The minimum Gasteiger partial charge on any atom is -0.495 e. The molecule has 0 radical (unpaired) electrons. The van der Waals surface area contributed by atoms with E-state index in [0.717, 1.165) is 22.8 Å². The predicted octanol–water partition coefficient (Wildman–Crippen LogP) is 4.79. The van der Waals surface area contributed by atoms with Gasteiger partial charge in [0.25, 0.3) is 0 Å². The monoisotopic (exact) mass is 425 g/mol. The molecule has 1 aliphatic heterocycles. The van der Waals surface area contributed by atoms with E-state index in [-0.39, 0.29) is 23.7 Å². The Hall–Kier alpha value is -3.08. The number of rotatable bonds is 2. The molecule has 2 amide bonds. The number of allylic oxidation sites excluding steroid dienone is 2. The van der Waals surface area contributed by atoms with Crippen LogP contribution in [-0.2, 0) is 9.59 Å². The van der Waals surface area contributed by atoms with Gasteiger partial charge in [-0.05, 0) is 66.5 Å². The molecule has 0 N–H and O–H groups in total. The number of carbonyl (C=O) groups excluding carboxylic acids is 2. The fourth-order valence-electron chi connectivity index (χ4n) is 8.50. The van der Waals surface area contributed by atoms with Crippen molar-refractivity contribution >= 4 is 39.4 Å². The molecule has 2 heterocycles. The molecule has 2 aromatic carbocycles. The van der Waals surface area contributed by atoms with Crippen LogP contribution >= 0.6 is 0 Å². The van der Waals surface area contributed by atoms with Crippen molar-refractivity contribution in [2.75, 3.05) is 12.0 Å². The van der Waals surface area contributed by atoms with Crippen molar-refractivity contribution in [1.29, 1.82) is 0 Å². The first-order valence-electron chi connectivity index (χ1n) is 11.7. The van der Waals surface area contributed by atoms with Gasteiger partial charge in [-0.2, -0.15) is 0 Å². The average molecular weight is 425 g/mol. The molecule has 1 aromatic heterocycles. The number of para-hydroxylation sites is 1. The van der Waals surface area contributed by atoms with Crippen LogP contribution < -0.4 is 9.64 Å². The molecule has 4 aliphatic carbocycles. The van der Waals surface area contributed by atoms with Gasteiger partial charge >= 0.3 is 0 Å². The lowest BCUT2D eigenvalue weighted by Crippen LogP contribution is -2.38. The van der Waals surface area contributed by atoms with Gasteiger partial charge in [-0.15, -0.1) is 0 Å². The Labute approximate surface area is 185 Å². The van der Waals surface area contributed by atoms with E-state index in [1.54, 1.807) is 7.11 Å². The first kappa shape index (κ1) is 17.5. The molecule has 3 aromatic rings. The van der Waals surface area contributed by atoms with Crippen LogP contribution in [0.1, 0.15) is 12.8 Å². The van der Waals surface area contributed by atoms with E-state index in [1.165, 1.54) is 11.3 Å². The van der Waals surface area contributed by atoms with Gasteiger partial charge in [0.05, 0.1) is 24.3 Å². The lowest BCUT2D eigenvalue weighted by molar-refractivity contribution is -0.123. The van der Waals surface area contributed by atoms with Crippen LogP contribution in [0.4, 0.5) is 5.69 Å². The number of imide groups is 1. The molecule has 1 saturated heterocycles. The van der Waals surface area contributed by atoms with E-state index < -0.39 is 0 Å². The zero-order chi connectivity index (χ0) is 21.3. The number of hydrogen-bond donors (Lipinski definition) is 0. The molecule has 5 nitrogen and oxygen atoms in total. The third-order valence-corrected chi connectivity index (χ3v) is 9.36. The molecule has 3 saturated carbocycles. The number of anilines is 1. The SMILES string of the molecule is COc1ccc2oc3ccccc3c2c1N1C(=O)C2C3CC(C2C1=O)C1C2C=CC(C2)C31. The standard InChI is InChI=1S/C27H23NO4/c1-31-19-9-8-18-22(14-4-2-3-5-17(14)32-18)25(19)28-26(29)23-15-11-16(24(23)27(28)30)21-13-7-6-12(10-13)20(15)21/h2-9,12-13,15-16,20-21,23-24H,10-11H2,1H3. The normalized spacial score (nSPS) is 38.5. The minimum atomic E-state index is -0.181. The van der Waals surface area contributed by atoms with Crippen LogP contribution in [0.5, 0.6) is 5.75 Å². The van der Waals surface area contributed by atoms with Gasteiger partial charge in [0, 0.05) is 5.39 Å². The summed E-state index contributed by atoms with van der Waals surface area (Å²) in [6.07, 6.45) is 7.02. The summed E-state index contributed by atoms with van der Waals surface area (Å²) >= 11 is 0. The van der Waals surface area contributed by atoms with Crippen molar-refractivity contribution < 1.29 is 18.7 Å². The van der Waals surface area contributed by atoms with E-state index in [0.29, 0.717) is 52.5 Å². The molecule has 5 heteroatoms. The third-order valence-electron chi connectivity index (χ3n) is 9.36. The number of benzene rings is 2. The third kappa shape index (κ3) is 1.81. The fourth-order valence-corrected chi connectivity index (χ4v) is 8.50. The Morgan fingerprint density at radius 3 is 2.25 bits per heavy atom. The number of fused-ring (bicyclic) bond motifs is 15. The maximum atomic E-state index is 14.0. The summed E-state index contributed by atoms with van der Waals surface area (Å²) in [5, 5.41) is 1.69. The highest BCUT2D eigenvalue weighted by molar-refractivity contribution is 6.28. The van der Waals surface area contributed by atoms with Gasteiger partial charge in [-0.1, -0.05) is 30.4 Å². The molecule has 0 spiro atoms. The zero-order valence-corrected chi connectivity index (χ0v) is 17.7. The second-order valence-corrected chi connectivity index (χ2v) is 10.3. The summed E-state index contributed by atoms with van der Waals surface area (Å²) in [5.74, 6) is 3.16. The second kappa shape index (κ2) is 5.64. The van der Waals surface area contributed by atoms with Gasteiger partial charge in [0.2, 0.25) is 11.8 Å². The summed E-state index contributed by atoms with van der Waals surface area (Å²) in [4.78, 5) is 29.4. The van der Waals surface area contributed by atoms with Crippen LogP contribution in [0.3, 0.4) is 0 Å². The minimum absolute atomic E-state index is 0.0335. The number of ether oxygens (including phenoxy) is 1. The molecule has 5 aliphatic rings. The molecular formula is C27H23NO4. The number of carbonyl (C=O) groups is 2. The number of amides is 2. The topological polar surface area (TPSA) is 59.8 Å². The summed E-state index contributed by atoms with van der Waals surface area (Å²) in [6.45, 7) is 0. The fraction of sp³-hybridized carbons (Fsp3) is 0.407. The predicted molar refractivity (Wildman–Crippen MR) is 119 cm³/mol. The van der Waals surface area contributed by atoms with E-state index in [1.807, 2.05) is 36.4 Å². The van der Waals surface area contributed by atoms with E-state index in [9.17, 15) is 9.59 Å². The van der Waals surface area contributed by atoms with Gasteiger partial charge in [0.15, 0.2) is 0 Å². The molecule has 8 atom stereocenters. The van der Waals surface area contributed by atoms with Crippen molar-refractivity contribution in [2.24, 2.45) is 47.3 Å². The number of hydrogen-bond acceptors (Lipinski definition) is 4. The number of furan rings is 1. The average Bonchev–Trinajstić information content (AvgIpc) is 3.62. The maximum Gasteiger partial charge on any atom is 0.238 e. The molecule has 8 unspecified atom stereocenters. The van der Waals surface area contributed by atoms with E-state index >= 15 is 0 Å². The molecule has 8 rings (SSSR count). The van der Waals surface area contributed by atoms with Crippen molar-refractivity contribution in [3.63, 3.8) is 0 Å². The summed E-state index contributed by atoms with van der Waals surface area (Å²) in [7, 11) is 1.59. The van der Waals surface area contributed by atoms with Gasteiger partial charge in [-0.25, -0.2) is 4.90 Å². The van der Waals surface area contributed by atoms with Crippen molar-refractivity contribution in [1.82, 2.24) is 0 Å². The zero-order valence-electron chi connectivity index (χ0n) is 17.7. The second-order valence-electron chi connectivity index (χ2n) is 10.3. The van der Waals surface area contributed by atoms with Gasteiger partial charge < -0.3 is 9.15 Å². The molecule has 160 valence electrons. The number of methoxy groups -OCH3 is 1. The van der Waals surface area contributed by atoms with Crippen LogP contribution in [-0.4, -0.2) is 18.9 Å². The highest BCUT2D eigenvalue weighted by Crippen LogP contribution is 2.70. The summed E-state index contributed by atoms with van der Waals surface area (Å²) in [6, 6.07) is 11.4. The molecule has 32 heavy (non-hydrogen) atoms. The van der Waals surface area contributed by atoms with Crippen LogP contribution in [0, 0.1) is 47.3 Å². The smallest absolute Gasteiger partial charge is 0.238 e. The van der Waals surface area contributed by atoms with E-state index in [4.69, 9.17) is 9.15 Å². The van der Waals surface area contributed by atoms with E-state index in [2.05, 4.69) is 12.2 Å². The molecule has 4 fully saturated rings. The lowest BCUT2D eigenvalue weighted by Gasteiger charge is -2.36. The van der Waals surface area contributed by atoms with Gasteiger partial charge in [-0.3, -0.25) is 9.59 Å². The summed E-state index contributed by atoms with van der Waals surface area (Å²) in [5.41, 5.74) is 1.97. The van der Waals surface area contributed by atoms with Crippen LogP contribution in [0.15, 0.2) is 53.0 Å². The van der Waals surface area contributed by atoms with Crippen molar-refractivity contribution in [3.8, 4) is 5.75 Å². The Bertz CT molecular complexity index is 1340. The Balaban J connectivity index is 1.32. The molecular weight excluding hydrogens is 402 g/mol. The molecule has 4 bridgehead atoms. The van der Waals surface area contributed by atoms with Crippen molar-refractivity contribution in [3.05, 3.63) is 48.6 Å². The highest BCUT2D eigenvalue weighted by atomic mass is 16.5. The first-order chi connectivity index (χ1) is 15.7. The Morgan fingerprint density at radius 2 is 1.56 bits per heavy atom. The Morgan fingerprint density at radius 1 is 0.875 bits per heavy atom. The van der Waals surface area contributed by atoms with Crippen LogP contribution in [0.2, 0.25) is 0 Å². The number of nitrogens with zero attached hydrogens (tertiary/aromatic N) is 1. The van der Waals surface area contributed by atoms with Gasteiger partial charge in [0.1, 0.15) is 22.6 Å². The van der Waals surface area contributed by atoms with Crippen molar-refractivity contribution in [2.45, 2.75) is 12.8 Å². The highest BCUT2D eigenvalue weighted by Gasteiger charge is 2.71.